The molecule has 0 atom stereocenters. The Bertz CT molecular complexity index is 1010. The lowest BCUT2D eigenvalue weighted by atomic mass is 10.2. The van der Waals surface area contributed by atoms with Gasteiger partial charge in [-0.2, -0.15) is 10.2 Å². The van der Waals surface area contributed by atoms with E-state index in [0.29, 0.717) is 12.3 Å². The number of benzene rings is 2. The quantitative estimate of drug-likeness (QED) is 0.493. The molecule has 0 bridgehead atoms. The molecule has 0 saturated carbocycles. The van der Waals surface area contributed by atoms with Crippen LogP contribution in [0.1, 0.15) is 47.1 Å². The third-order valence-corrected chi connectivity index (χ3v) is 4.88. The lowest BCUT2D eigenvalue weighted by Crippen LogP contribution is -2.20. The molecule has 0 aliphatic heterocycles. The number of carbonyl (C=O) groups is 1. The molecule has 0 unspecified atom stereocenters. The maximum Gasteiger partial charge on any atom is 0.292 e. The Morgan fingerprint density at radius 2 is 1.97 bits per heavy atom. The zero-order valence-electron chi connectivity index (χ0n) is 16.5. The van der Waals surface area contributed by atoms with Crippen molar-refractivity contribution in [3.8, 4) is 11.4 Å². The molecule has 6 heteroatoms. The Balaban J connectivity index is 1.46. The molecule has 1 heterocycles. The molecule has 1 aromatic heterocycles. The molecule has 0 fully saturated rings. The first-order valence-electron chi connectivity index (χ1n) is 9.98. The smallest absolute Gasteiger partial charge is 0.292 e. The lowest BCUT2D eigenvalue weighted by molar-refractivity contribution is 0.0949. The molecule has 29 heavy (non-hydrogen) atoms. The van der Waals surface area contributed by atoms with Crippen molar-refractivity contribution in [2.75, 3.05) is 6.61 Å². The summed E-state index contributed by atoms with van der Waals surface area (Å²) in [4.78, 5) is 12.7. The summed E-state index contributed by atoms with van der Waals surface area (Å²) < 4.78 is 7.45. The highest BCUT2D eigenvalue weighted by Crippen LogP contribution is 2.27. The summed E-state index contributed by atoms with van der Waals surface area (Å²) in [7, 11) is 0. The standard InChI is InChI=1S/C23H24N4O2/c1-2-15-29-19-13-11-17(12-14-19)16-24-25-23(28)22-20-9-6-10-21(20)27(26-22)18-7-4-3-5-8-18/h3-5,7-8,11-14,16H,2,6,9-10,15H2,1H3,(H,25,28)/b24-16+. The fourth-order valence-corrected chi connectivity index (χ4v) is 3.49. The van der Waals surface area contributed by atoms with Crippen LogP contribution in [0.15, 0.2) is 59.7 Å². The molecule has 1 aliphatic rings. The summed E-state index contributed by atoms with van der Waals surface area (Å²) >= 11 is 0. The summed E-state index contributed by atoms with van der Waals surface area (Å²) in [6, 6.07) is 17.5. The highest BCUT2D eigenvalue weighted by Gasteiger charge is 2.26. The van der Waals surface area contributed by atoms with E-state index in [9.17, 15) is 4.79 Å². The van der Waals surface area contributed by atoms with E-state index >= 15 is 0 Å². The van der Waals surface area contributed by atoms with Gasteiger partial charge in [0.1, 0.15) is 5.75 Å². The van der Waals surface area contributed by atoms with E-state index in [1.807, 2.05) is 59.3 Å². The van der Waals surface area contributed by atoms with Crippen LogP contribution in [0.3, 0.4) is 0 Å². The van der Waals surface area contributed by atoms with Crippen LogP contribution in [-0.4, -0.2) is 28.5 Å². The van der Waals surface area contributed by atoms with E-state index < -0.39 is 0 Å². The number of para-hydroxylation sites is 1. The van der Waals surface area contributed by atoms with Crippen LogP contribution in [0.5, 0.6) is 5.75 Å². The molecule has 148 valence electrons. The molecule has 2 aromatic carbocycles. The minimum Gasteiger partial charge on any atom is -0.494 e. The number of fused-ring (bicyclic) bond motifs is 1. The van der Waals surface area contributed by atoms with E-state index in [4.69, 9.17) is 4.74 Å². The molecule has 0 saturated heterocycles. The van der Waals surface area contributed by atoms with Crippen molar-refractivity contribution in [2.45, 2.75) is 32.6 Å². The second-order valence-electron chi connectivity index (χ2n) is 6.99. The van der Waals surface area contributed by atoms with E-state index in [1.54, 1.807) is 6.21 Å². The van der Waals surface area contributed by atoms with Gasteiger partial charge < -0.3 is 4.74 Å². The Hall–Kier alpha value is -3.41. The van der Waals surface area contributed by atoms with Crippen LogP contribution < -0.4 is 10.2 Å². The van der Waals surface area contributed by atoms with Crippen LogP contribution in [0, 0.1) is 0 Å². The van der Waals surface area contributed by atoms with Gasteiger partial charge in [0.2, 0.25) is 0 Å². The number of hydrogen-bond donors (Lipinski definition) is 1. The minimum atomic E-state index is -0.281. The SMILES string of the molecule is CCCOc1ccc(/C=N/NC(=O)c2nn(-c3ccccc3)c3c2CCC3)cc1. The van der Waals surface area contributed by atoms with E-state index in [-0.39, 0.29) is 5.91 Å². The highest BCUT2D eigenvalue weighted by atomic mass is 16.5. The molecule has 6 nitrogen and oxygen atoms in total. The van der Waals surface area contributed by atoms with Crippen LogP contribution >= 0.6 is 0 Å². The molecular formula is C23H24N4O2. The topological polar surface area (TPSA) is 68.5 Å². The van der Waals surface area contributed by atoms with Gasteiger partial charge in [-0.3, -0.25) is 4.79 Å². The first-order valence-corrected chi connectivity index (χ1v) is 9.98. The van der Waals surface area contributed by atoms with Gasteiger partial charge >= 0.3 is 0 Å². The van der Waals surface area contributed by atoms with Gasteiger partial charge in [0.05, 0.1) is 18.5 Å². The normalized spacial score (nSPS) is 12.9. The van der Waals surface area contributed by atoms with Gasteiger partial charge in [0, 0.05) is 11.3 Å². The highest BCUT2D eigenvalue weighted by molar-refractivity contribution is 5.95. The summed E-state index contributed by atoms with van der Waals surface area (Å²) in [5.74, 6) is 0.548. The third kappa shape index (κ3) is 4.21. The van der Waals surface area contributed by atoms with Crippen molar-refractivity contribution in [1.82, 2.24) is 15.2 Å². The maximum absolute atomic E-state index is 12.7. The van der Waals surface area contributed by atoms with Crippen LogP contribution in [0.2, 0.25) is 0 Å². The second kappa shape index (κ2) is 8.73. The van der Waals surface area contributed by atoms with Gasteiger partial charge in [0.15, 0.2) is 5.69 Å². The second-order valence-corrected chi connectivity index (χ2v) is 6.99. The predicted molar refractivity (Wildman–Crippen MR) is 113 cm³/mol. The Labute approximate surface area is 170 Å². The van der Waals surface area contributed by atoms with Crippen molar-refractivity contribution < 1.29 is 9.53 Å². The van der Waals surface area contributed by atoms with E-state index in [1.165, 1.54) is 0 Å². The number of nitrogens with one attached hydrogen (secondary N) is 1. The molecule has 0 spiro atoms. The van der Waals surface area contributed by atoms with Gasteiger partial charge in [-0.15, -0.1) is 0 Å². The van der Waals surface area contributed by atoms with E-state index in [2.05, 4.69) is 22.5 Å². The van der Waals surface area contributed by atoms with Crippen LogP contribution in [-0.2, 0) is 12.8 Å². The average molecular weight is 388 g/mol. The molecule has 3 aromatic rings. The molecule has 4 rings (SSSR count). The monoisotopic (exact) mass is 388 g/mol. The van der Waals surface area contributed by atoms with Gasteiger partial charge in [-0.25, -0.2) is 10.1 Å². The van der Waals surface area contributed by atoms with Gasteiger partial charge in [0.25, 0.3) is 5.91 Å². The summed E-state index contributed by atoms with van der Waals surface area (Å²) in [6.07, 6.45) is 5.43. The zero-order chi connectivity index (χ0) is 20.1. The fourth-order valence-electron chi connectivity index (χ4n) is 3.49. The zero-order valence-corrected chi connectivity index (χ0v) is 16.5. The maximum atomic E-state index is 12.7. The summed E-state index contributed by atoms with van der Waals surface area (Å²) in [5.41, 5.74) is 7.07. The van der Waals surface area contributed by atoms with Crippen LogP contribution in [0.25, 0.3) is 5.69 Å². The number of hydrogen-bond acceptors (Lipinski definition) is 4. The number of amides is 1. The Morgan fingerprint density at radius 1 is 1.17 bits per heavy atom. The first-order chi connectivity index (χ1) is 14.3. The molecule has 1 amide bonds. The summed E-state index contributed by atoms with van der Waals surface area (Å²) in [6.45, 7) is 2.77. The lowest BCUT2D eigenvalue weighted by Gasteiger charge is -2.04. The number of rotatable bonds is 7. The number of hydrazone groups is 1. The Morgan fingerprint density at radius 3 is 2.72 bits per heavy atom. The van der Waals surface area contributed by atoms with Crippen molar-refractivity contribution in [1.29, 1.82) is 0 Å². The number of ether oxygens (including phenoxy) is 1. The first kappa shape index (κ1) is 18.9. The van der Waals surface area contributed by atoms with Gasteiger partial charge in [-0.05, 0) is 67.6 Å². The Kier molecular flexibility index (Phi) is 5.70. The molecule has 0 radical (unpaired) electrons. The number of nitrogens with zero attached hydrogens (tertiary/aromatic N) is 3. The van der Waals surface area contributed by atoms with Crippen LogP contribution in [0.4, 0.5) is 0 Å². The molecular weight excluding hydrogens is 364 g/mol. The van der Waals surface area contributed by atoms with Crippen molar-refractivity contribution in [3.63, 3.8) is 0 Å². The molecule has 1 aliphatic carbocycles. The predicted octanol–water partition coefficient (Wildman–Crippen LogP) is 3.91. The van der Waals surface area contributed by atoms with Gasteiger partial charge in [-0.1, -0.05) is 25.1 Å². The summed E-state index contributed by atoms with van der Waals surface area (Å²) in [5, 5.41) is 8.68. The fraction of sp³-hybridized carbons (Fsp3) is 0.261. The largest absolute Gasteiger partial charge is 0.494 e. The third-order valence-electron chi connectivity index (χ3n) is 4.88. The van der Waals surface area contributed by atoms with Crippen molar-refractivity contribution >= 4 is 12.1 Å². The van der Waals surface area contributed by atoms with E-state index in [0.717, 1.165) is 53.9 Å². The van der Waals surface area contributed by atoms with Crippen molar-refractivity contribution in [3.05, 3.63) is 77.1 Å². The average Bonchev–Trinajstić information content (AvgIpc) is 3.36. The number of aromatic nitrogens is 2. The minimum absolute atomic E-state index is 0.281. The molecule has 1 N–H and O–H groups in total. The number of carbonyl (C=O) groups excluding carboxylic acids is 1. The van der Waals surface area contributed by atoms with Crippen molar-refractivity contribution in [2.24, 2.45) is 5.10 Å².